The first-order chi connectivity index (χ1) is 13.5. The minimum atomic E-state index is -0.820. The van der Waals surface area contributed by atoms with Crippen LogP contribution in [-0.4, -0.2) is 15.5 Å². The molecule has 1 amide bonds. The van der Waals surface area contributed by atoms with Gasteiger partial charge in [0.15, 0.2) is 0 Å². The van der Waals surface area contributed by atoms with Crippen LogP contribution in [0.5, 0.6) is 0 Å². The summed E-state index contributed by atoms with van der Waals surface area (Å²) >= 11 is 7.34. The van der Waals surface area contributed by atoms with Crippen molar-refractivity contribution in [3.63, 3.8) is 0 Å². The summed E-state index contributed by atoms with van der Waals surface area (Å²) in [6, 6.07) is 9.67. The fourth-order valence-corrected chi connectivity index (χ4v) is 4.26. The second-order valence-corrected chi connectivity index (χ2v) is 7.55. The van der Waals surface area contributed by atoms with E-state index in [4.69, 9.17) is 26.7 Å². The minimum absolute atomic E-state index is 0.326. The Kier molecular flexibility index (Phi) is 4.78. The maximum atomic E-state index is 13.5. The zero-order valence-corrected chi connectivity index (χ0v) is 16.5. The molecule has 0 aliphatic heterocycles. The van der Waals surface area contributed by atoms with Crippen LogP contribution in [0.25, 0.3) is 32.9 Å². The molecule has 1 atom stereocenters. The van der Waals surface area contributed by atoms with Crippen LogP contribution in [0, 0.1) is 0 Å². The number of furan rings is 1. The van der Waals surface area contributed by atoms with Crippen molar-refractivity contribution in [2.45, 2.75) is 19.4 Å². The van der Waals surface area contributed by atoms with Gasteiger partial charge in [-0.3, -0.25) is 14.2 Å². The molecule has 0 radical (unpaired) electrons. The zero-order chi connectivity index (χ0) is 19.8. The molecule has 0 spiro atoms. The molecule has 28 heavy (non-hydrogen) atoms. The Morgan fingerprint density at radius 2 is 2.07 bits per heavy atom. The first kappa shape index (κ1) is 18.5. The first-order valence-electron chi connectivity index (χ1n) is 8.64. The van der Waals surface area contributed by atoms with Crippen LogP contribution in [-0.2, 0) is 4.79 Å². The van der Waals surface area contributed by atoms with Gasteiger partial charge in [-0.15, -0.1) is 11.3 Å². The number of rotatable bonds is 5. The largest absolute Gasteiger partial charge is 0.464 e. The third kappa shape index (κ3) is 3.02. The number of aromatic nitrogens is 2. The Balaban J connectivity index is 2.07. The van der Waals surface area contributed by atoms with Crippen molar-refractivity contribution in [1.82, 2.24) is 9.55 Å². The number of carbonyl (C=O) groups is 1. The molecule has 8 heteroatoms. The van der Waals surface area contributed by atoms with Crippen LogP contribution >= 0.6 is 22.9 Å². The molecule has 4 rings (SSSR count). The third-order valence-corrected chi connectivity index (χ3v) is 5.68. The van der Waals surface area contributed by atoms with E-state index in [9.17, 15) is 9.59 Å². The van der Waals surface area contributed by atoms with Gasteiger partial charge in [-0.25, -0.2) is 4.98 Å². The van der Waals surface area contributed by atoms with Crippen LogP contribution in [0.1, 0.15) is 19.4 Å². The van der Waals surface area contributed by atoms with Crippen LogP contribution in [0.2, 0.25) is 5.02 Å². The Bertz CT molecular complexity index is 1210. The number of hydrogen-bond acceptors (Lipinski definition) is 5. The van der Waals surface area contributed by atoms with Gasteiger partial charge in [-0.1, -0.05) is 18.5 Å². The van der Waals surface area contributed by atoms with Crippen molar-refractivity contribution in [1.29, 1.82) is 0 Å². The average molecular weight is 414 g/mol. The molecular weight excluding hydrogens is 398 g/mol. The molecule has 0 bridgehead atoms. The molecule has 4 aromatic rings. The van der Waals surface area contributed by atoms with Gasteiger partial charge < -0.3 is 10.2 Å². The van der Waals surface area contributed by atoms with Gasteiger partial charge >= 0.3 is 0 Å². The van der Waals surface area contributed by atoms with E-state index in [0.29, 0.717) is 44.4 Å². The molecule has 2 N–H and O–H groups in total. The number of carbonyl (C=O) groups excluding carboxylic acids is 1. The summed E-state index contributed by atoms with van der Waals surface area (Å²) in [4.78, 5) is 30.9. The Morgan fingerprint density at radius 3 is 2.68 bits per heavy atom. The van der Waals surface area contributed by atoms with Crippen molar-refractivity contribution < 1.29 is 9.21 Å². The summed E-state index contributed by atoms with van der Waals surface area (Å²) in [5.74, 6) is 0.367. The highest BCUT2D eigenvalue weighted by molar-refractivity contribution is 7.17. The lowest BCUT2D eigenvalue weighted by molar-refractivity contribution is -0.121. The smallest absolute Gasteiger partial charge is 0.264 e. The zero-order valence-electron chi connectivity index (χ0n) is 14.9. The molecular formula is C20H16ClN3O3S. The second kappa shape index (κ2) is 7.26. The molecule has 142 valence electrons. The van der Waals surface area contributed by atoms with Gasteiger partial charge in [0.2, 0.25) is 5.91 Å². The van der Waals surface area contributed by atoms with E-state index in [0.717, 1.165) is 0 Å². The fourth-order valence-electron chi connectivity index (χ4n) is 3.22. The normalized spacial score (nSPS) is 12.4. The molecule has 6 nitrogen and oxygen atoms in total. The number of benzene rings is 1. The molecule has 3 heterocycles. The molecule has 0 saturated carbocycles. The number of fused-ring (bicyclic) bond motifs is 1. The van der Waals surface area contributed by atoms with Crippen LogP contribution in [0.3, 0.4) is 0 Å². The Hall–Kier alpha value is -2.90. The van der Waals surface area contributed by atoms with Crippen LogP contribution in [0.15, 0.2) is 57.3 Å². The van der Waals surface area contributed by atoms with Crippen LogP contribution < -0.4 is 11.3 Å². The lowest BCUT2D eigenvalue weighted by Crippen LogP contribution is -2.35. The summed E-state index contributed by atoms with van der Waals surface area (Å²) in [6.45, 7) is 1.80. The predicted molar refractivity (Wildman–Crippen MR) is 111 cm³/mol. The molecule has 1 aromatic carbocycles. The van der Waals surface area contributed by atoms with E-state index in [1.54, 1.807) is 49.6 Å². The van der Waals surface area contributed by atoms with Gasteiger partial charge in [-0.05, 0) is 42.8 Å². The molecule has 0 aliphatic rings. The lowest BCUT2D eigenvalue weighted by Gasteiger charge is -2.19. The maximum Gasteiger partial charge on any atom is 0.264 e. The number of nitrogens with two attached hydrogens (primary N) is 1. The molecule has 3 aromatic heterocycles. The average Bonchev–Trinajstić information content (AvgIpc) is 3.33. The highest BCUT2D eigenvalue weighted by Gasteiger charge is 2.25. The van der Waals surface area contributed by atoms with E-state index in [2.05, 4.69) is 0 Å². The summed E-state index contributed by atoms with van der Waals surface area (Å²) in [6.07, 6.45) is 1.91. The number of thiophene rings is 1. The monoisotopic (exact) mass is 413 g/mol. The minimum Gasteiger partial charge on any atom is -0.464 e. The maximum absolute atomic E-state index is 13.5. The van der Waals surface area contributed by atoms with Crippen molar-refractivity contribution in [2.24, 2.45) is 5.73 Å². The quantitative estimate of drug-likeness (QED) is 0.522. The van der Waals surface area contributed by atoms with E-state index >= 15 is 0 Å². The predicted octanol–water partition coefficient (Wildman–Crippen LogP) is 4.47. The summed E-state index contributed by atoms with van der Waals surface area (Å²) in [5.41, 5.74) is 6.61. The Labute approximate surface area is 169 Å². The van der Waals surface area contributed by atoms with Crippen molar-refractivity contribution in [3.8, 4) is 22.7 Å². The highest BCUT2D eigenvalue weighted by atomic mass is 35.5. The SMILES string of the molecule is CCC(C(N)=O)n1c(-c2ccc(Cl)cc2)nc2scc(-c3ccco3)c2c1=O. The molecule has 0 fully saturated rings. The standard InChI is InChI=1S/C20H16ClN3O3S/c1-2-14(17(22)25)24-18(11-5-7-12(21)8-6-11)23-19-16(20(24)26)13(10-28-19)15-4-3-9-27-15/h3-10,14H,2H2,1H3,(H2,22,25). The van der Waals surface area contributed by atoms with Crippen molar-refractivity contribution >= 4 is 39.1 Å². The molecule has 0 saturated heterocycles. The van der Waals surface area contributed by atoms with Crippen LogP contribution in [0.4, 0.5) is 0 Å². The summed E-state index contributed by atoms with van der Waals surface area (Å²) < 4.78 is 6.85. The third-order valence-electron chi connectivity index (χ3n) is 4.56. The van der Waals surface area contributed by atoms with Gasteiger partial charge in [0, 0.05) is 21.5 Å². The number of halogens is 1. The first-order valence-corrected chi connectivity index (χ1v) is 9.90. The van der Waals surface area contributed by atoms with E-state index in [1.165, 1.54) is 15.9 Å². The van der Waals surface area contributed by atoms with Crippen molar-refractivity contribution in [2.75, 3.05) is 0 Å². The molecule has 1 unspecified atom stereocenters. The molecule has 0 aliphatic carbocycles. The highest BCUT2D eigenvalue weighted by Crippen LogP contribution is 2.33. The number of primary amides is 1. The van der Waals surface area contributed by atoms with E-state index in [-0.39, 0.29) is 5.56 Å². The van der Waals surface area contributed by atoms with Crippen molar-refractivity contribution in [3.05, 3.63) is 63.4 Å². The topological polar surface area (TPSA) is 91.1 Å². The van der Waals surface area contributed by atoms with E-state index < -0.39 is 11.9 Å². The summed E-state index contributed by atoms with van der Waals surface area (Å²) in [5, 5.41) is 2.81. The van der Waals surface area contributed by atoms with Gasteiger partial charge in [0.05, 0.1) is 11.6 Å². The second-order valence-electron chi connectivity index (χ2n) is 6.25. The van der Waals surface area contributed by atoms with Gasteiger partial charge in [-0.2, -0.15) is 0 Å². The lowest BCUT2D eigenvalue weighted by atomic mass is 10.1. The Morgan fingerprint density at radius 1 is 1.32 bits per heavy atom. The summed E-state index contributed by atoms with van der Waals surface area (Å²) in [7, 11) is 0. The number of nitrogens with zero attached hydrogens (tertiary/aromatic N) is 2. The number of hydrogen-bond donors (Lipinski definition) is 1. The van der Waals surface area contributed by atoms with E-state index in [1.807, 2.05) is 5.38 Å². The fraction of sp³-hybridized carbons (Fsp3) is 0.150. The van der Waals surface area contributed by atoms with Gasteiger partial charge in [0.25, 0.3) is 5.56 Å². The number of amides is 1. The van der Waals surface area contributed by atoms with Gasteiger partial charge in [0.1, 0.15) is 22.5 Å².